The van der Waals surface area contributed by atoms with E-state index in [1.807, 2.05) is 0 Å². The second-order valence-corrected chi connectivity index (χ2v) is 3.55. The lowest BCUT2D eigenvalue weighted by Crippen LogP contribution is -2.01. The minimum absolute atomic E-state index is 0.0457. The highest BCUT2D eigenvalue weighted by Gasteiger charge is 2.14. The van der Waals surface area contributed by atoms with Crippen LogP contribution in [-0.2, 0) is 9.53 Å². The van der Waals surface area contributed by atoms with Crippen LogP contribution >= 0.6 is 0 Å². The molecule has 0 bridgehead atoms. The normalized spacial score (nSPS) is 11.5. The van der Waals surface area contributed by atoms with Crippen molar-refractivity contribution in [2.75, 3.05) is 7.11 Å². The lowest BCUT2D eigenvalue weighted by atomic mass is 10.2. The van der Waals surface area contributed by atoms with E-state index in [2.05, 4.69) is 14.9 Å². The van der Waals surface area contributed by atoms with Crippen molar-refractivity contribution in [3.05, 3.63) is 40.6 Å². The Bertz CT molecular complexity index is 643. The summed E-state index contributed by atoms with van der Waals surface area (Å²) >= 11 is 0. The van der Waals surface area contributed by atoms with Crippen LogP contribution < -0.4 is 0 Å². The molecule has 2 aromatic rings. The van der Waals surface area contributed by atoms with Gasteiger partial charge >= 0.3 is 5.97 Å². The Kier molecular flexibility index (Phi) is 3.09. The molecule has 0 saturated heterocycles. The molecule has 0 amide bonds. The zero-order valence-electron chi connectivity index (χ0n) is 9.51. The molecular formula is C12H10N2O4. The molecule has 0 fully saturated rings. The average Bonchev–Trinajstić information content (AvgIpc) is 2.72. The monoisotopic (exact) mass is 246 g/mol. The third kappa shape index (κ3) is 1.95. The number of nitrogens with zero attached hydrogens (tertiary/aromatic N) is 1. The molecule has 0 unspecified atom stereocenters. The summed E-state index contributed by atoms with van der Waals surface area (Å²) in [5, 5.41) is 13.1. The van der Waals surface area contributed by atoms with Crippen molar-refractivity contribution in [2.24, 2.45) is 5.18 Å². The van der Waals surface area contributed by atoms with Gasteiger partial charge in [-0.15, -0.1) is 4.91 Å². The van der Waals surface area contributed by atoms with Gasteiger partial charge in [0.25, 0.3) is 0 Å². The average molecular weight is 246 g/mol. The van der Waals surface area contributed by atoms with Gasteiger partial charge in [0.2, 0.25) is 0 Å². The quantitative estimate of drug-likeness (QED) is 0.493. The van der Waals surface area contributed by atoms with Gasteiger partial charge in [0.05, 0.1) is 12.8 Å². The van der Waals surface area contributed by atoms with Crippen LogP contribution in [0.3, 0.4) is 0 Å². The molecular weight excluding hydrogens is 236 g/mol. The summed E-state index contributed by atoms with van der Waals surface area (Å²) in [5.41, 5.74) is 0.506. The van der Waals surface area contributed by atoms with Gasteiger partial charge in [-0.2, -0.15) is 0 Å². The number of aromatic nitrogens is 1. The highest BCUT2D eigenvalue weighted by molar-refractivity contribution is 5.96. The second kappa shape index (κ2) is 4.70. The Labute approximate surface area is 102 Å². The predicted octanol–water partition coefficient (Wildman–Crippen LogP) is 2.15. The fourth-order valence-corrected chi connectivity index (χ4v) is 1.62. The summed E-state index contributed by atoms with van der Waals surface area (Å²) in [7, 11) is 1.15. The molecule has 92 valence electrons. The molecule has 0 spiro atoms. The van der Waals surface area contributed by atoms with Gasteiger partial charge in [-0.3, -0.25) is 0 Å². The summed E-state index contributed by atoms with van der Waals surface area (Å²) in [4.78, 5) is 24.6. The number of para-hydroxylation sites is 1. The van der Waals surface area contributed by atoms with Gasteiger partial charge in [-0.25, -0.2) is 4.79 Å². The van der Waals surface area contributed by atoms with Crippen molar-refractivity contribution in [2.45, 2.75) is 0 Å². The molecule has 0 aliphatic heterocycles. The fourth-order valence-electron chi connectivity index (χ4n) is 1.62. The molecule has 2 N–H and O–H groups in total. The Morgan fingerprint density at radius 3 is 2.78 bits per heavy atom. The van der Waals surface area contributed by atoms with E-state index in [0.717, 1.165) is 13.2 Å². The van der Waals surface area contributed by atoms with E-state index in [9.17, 15) is 14.8 Å². The number of benzene rings is 1. The maximum Gasteiger partial charge on any atom is 0.360 e. The number of nitrogens with one attached hydrogen (secondary N) is 1. The van der Waals surface area contributed by atoms with Gasteiger partial charge in [0.1, 0.15) is 5.75 Å². The summed E-state index contributed by atoms with van der Waals surface area (Å²) in [6.45, 7) is 0. The van der Waals surface area contributed by atoms with Crippen LogP contribution in [0.5, 0.6) is 5.75 Å². The summed E-state index contributed by atoms with van der Waals surface area (Å²) in [6.07, 6.45) is 1.15. The molecule has 0 aliphatic rings. The highest BCUT2D eigenvalue weighted by atomic mass is 16.5. The number of carbonyl (C=O) groups is 1. The Balaban J connectivity index is 2.54. The fraction of sp³-hybridized carbons (Fsp3) is 0.0833. The van der Waals surface area contributed by atoms with Crippen molar-refractivity contribution in [3.8, 4) is 5.75 Å². The first-order valence-corrected chi connectivity index (χ1v) is 5.10. The van der Waals surface area contributed by atoms with Crippen LogP contribution in [0, 0.1) is 4.91 Å². The number of hydrogen-bond donors (Lipinski definition) is 2. The second-order valence-electron chi connectivity index (χ2n) is 3.55. The minimum Gasteiger partial charge on any atom is -0.505 e. The number of nitroso groups, excluding NO2 is 1. The van der Waals surface area contributed by atoms with Crippen molar-refractivity contribution in [3.63, 3.8) is 0 Å². The number of aromatic amines is 1. The lowest BCUT2D eigenvalue weighted by molar-refractivity contribution is -0.136. The Hall–Kier alpha value is -2.63. The third-order valence-electron chi connectivity index (χ3n) is 2.48. The Morgan fingerprint density at radius 2 is 2.17 bits per heavy atom. The van der Waals surface area contributed by atoms with Gasteiger partial charge in [0.15, 0.2) is 5.70 Å². The van der Waals surface area contributed by atoms with Crippen molar-refractivity contribution < 1.29 is 14.6 Å². The van der Waals surface area contributed by atoms with Crippen LogP contribution in [0.1, 0.15) is 5.69 Å². The van der Waals surface area contributed by atoms with Crippen LogP contribution in [0.15, 0.2) is 35.1 Å². The molecule has 0 radical (unpaired) electrons. The summed E-state index contributed by atoms with van der Waals surface area (Å²) in [6, 6.07) is 7.04. The number of rotatable bonds is 3. The maximum absolute atomic E-state index is 11.2. The number of H-pyrrole nitrogens is 1. The van der Waals surface area contributed by atoms with E-state index < -0.39 is 11.7 Å². The van der Waals surface area contributed by atoms with Crippen LogP contribution in [-0.4, -0.2) is 23.2 Å². The largest absolute Gasteiger partial charge is 0.505 e. The molecule has 1 aromatic carbocycles. The number of ether oxygens (including phenoxy) is 1. The molecule has 6 heteroatoms. The SMILES string of the molecule is COC(=O)/C(=C/c1[nH]c2ccccc2c1O)N=O. The minimum atomic E-state index is -0.858. The first-order valence-electron chi connectivity index (χ1n) is 5.10. The molecule has 0 atom stereocenters. The number of fused-ring (bicyclic) bond motifs is 1. The van der Waals surface area contributed by atoms with E-state index in [4.69, 9.17) is 0 Å². The van der Waals surface area contributed by atoms with E-state index in [0.29, 0.717) is 10.9 Å². The summed E-state index contributed by atoms with van der Waals surface area (Å²) < 4.78 is 4.39. The number of hydrogen-bond acceptors (Lipinski definition) is 5. The van der Waals surface area contributed by atoms with Crippen molar-refractivity contribution >= 4 is 22.9 Å². The molecule has 1 heterocycles. The van der Waals surface area contributed by atoms with Crippen molar-refractivity contribution in [1.82, 2.24) is 4.98 Å². The third-order valence-corrected chi connectivity index (χ3v) is 2.48. The highest BCUT2D eigenvalue weighted by Crippen LogP contribution is 2.30. The zero-order chi connectivity index (χ0) is 13.1. The standard InChI is InChI=1S/C12H10N2O4/c1-18-12(16)10(14-17)6-9-11(15)7-4-2-3-5-8(7)13-9/h2-6,13,15H,1H3/b10-6-. The smallest absolute Gasteiger partial charge is 0.360 e. The topological polar surface area (TPSA) is 91.8 Å². The maximum atomic E-state index is 11.2. The zero-order valence-corrected chi connectivity index (χ0v) is 9.51. The Morgan fingerprint density at radius 1 is 1.44 bits per heavy atom. The summed E-state index contributed by atoms with van der Waals surface area (Å²) in [5.74, 6) is -0.904. The lowest BCUT2D eigenvalue weighted by Gasteiger charge is -1.95. The van der Waals surface area contributed by atoms with Crippen LogP contribution in [0.2, 0.25) is 0 Å². The van der Waals surface area contributed by atoms with Gasteiger partial charge in [0, 0.05) is 17.0 Å². The molecule has 1 aromatic heterocycles. The molecule has 18 heavy (non-hydrogen) atoms. The van der Waals surface area contributed by atoms with Gasteiger partial charge < -0.3 is 14.8 Å². The van der Waals surface area contributed by atoms with Gasteiger partial charge in [-0.1, -0.05) is 12.1 Å². The molecule has 0 aliphatic carbocycles. The number of aromatic hydroxyl groups is 1. The predicted molar refractivity (Wildman–Crippen MR) is 65.8 cm³/mol. The van der Waals surface area contributed by atoms with E-state index >= 15 is 0 Å². The first-order chi connectivity index (χ1) is 8.67. The van der Waals surface area contributed by atoms with Crippen LogP contribution in [0.4, 0.5) is 0 Å². The van der Waals surface area contributed by atoms with E-state index in [1.54, 1.807) is 24.3 Å². The van der Waals surface area contributed by atoms with E-state index in [1.165, 1.54) is 0 Å². The number of carbonyl (C=O) groups excluding carboxylic acids is 1. The molecule has 6 nitrogen and oxygen atoms in total. The van der Waals surface area contributed by atoms with Crippen LogP contribution in [0.25, 0.3) is 17.0 Å². The number of methoxy groups -OCH3 is 1. The van der Waals surface area contributed by atoms with Gasteiger partial charge in [-0.05, 0) is 17.3 Å². The first kappa shape index (κ1) is 11.8. The molecule has 2 rings (SSSR count). The molecule has 0 saturated carbocycles. The van der Waals surface area contributed by atoms with Crippen molar-refractivity contribution in [1.29, 1.82) is 0 Å². The van der Waals surface area contributed by atoms with E-state index in [-0.39, 0.29) is 11.4 Å². The number of esters is 1.